The van der Waals surface area contributed by atoms with Crippen LogP contribution in [0.4, 0.5) is 17.6 Å². The average molecular weight is 287 g/mol. The van der Waals surface area contributed by atoms with Crippen molar-refractivity contribution in [1.82, 2.24) is 4.98 Å². The topological polar surface area (TPSA) is 15.8 Å². The molecule has 0 aliphatic heterocycles. The van der Waals surface area contributed by atoms with Crippen molar-refractivity contribution in [1.29, 1.82) is 0 Å². The van der Waals surface area contributed by atoms with Gasteiger partial charge in [-0.3, -0.25) is 0 Å². The Hall–Kier alpha value is -1.69. The molecule has 19 heavy (non-hydrogen) atoms. The Kier molecular flexibility index (Phi) is 3.45. The second kappa shape index (κ2) is 4.77. The van der Waals surface area contributed by atoms with Gasteiger partial charge in [-0.1, -0.05) is 24.4 Å². The molecular weight excluding hydrogens is 278 g/mol. The van der Waals surface area contributed by atoms with Gasteiger partial charge in [-0.2, -0.15) is 13.2 Å². The third kappa shape index (κ3) is 3.01. The summed E-state index contributed by atoms with van der Waals surface area (Å²) in [4.78, 5) is 2.63. The lowest BCUT2D eigenvalue weighted by molar-refractivity contribution is -0.137. The second-order valence-electron chi connectivity index (χ2n) is 4.11. The van der Waals surface area contributed by atoms with Crippen molar-refractivity contribution in [2.24, 2.45) is 0 Å². The van der Waals surface area contributed by atoms with Crippen LogP contribution >= 0.6 is 12.2 Å². The van der Waals surface area contributed by atoms with Crippen LogP contribution in [0, 0.1) is 17.4 Å². The molecule has 1 aromatic carbocycles. The number of aryl methyl sites for hydroxylation is 1. The number of alkyl halides is 3. The van der Waals surface area contributed by atoms with E-state index in [0.717, 1.165) is 12.1 Å². The van der Waals surface area contributed by atoms with Gasteiger partial charge in [-0.25, -0.2) is 4.39 Å². The van der Waals surface area contributed by atoms with Crippen molar-refractivity contribution in [2.75, 3.05) is 0 Å². The number of nitrogens with one attached hydrogen (secondary N) is 1. The zero-order valence-corrected chi connectivity index (χ0v) is 10.6. The number of hydrogen-bond donors (Lipinski definition) is 1. The number of pyridine rings is 1. The molecule has 0 fully saturated rings. The van der Waals surface area contributed by atoms with Crippen LogP contribution < -0.4 is 0 Å². The fourth-order valence-corrected chi connectivity index (χ4v) is 1.86. The molecule has 0 atom stereocenters. The molecule has 0 aliphatic rings. The molecule has 0 saturated carbocycles. The van der Waals surface area contributed by atoms with Crippen LogP contribution in [0.15, 0.2) is 30.3 Å². The summed E-state index contributed by atoms with van der Waals surface area (Å²) in [7, 11) is 0. The minimum Gasteiger partial charge on any atom is -0.346 e. The zero-order valence-electron chi connectivity index (χ0n) is 9.81. The number of aromatic amines is 1. The molecule has 1 nitrogen and oxygen atoms in total. The fraction of sp³-hybridized carbons (Fsp3) is 0.154. The summed E-state index contributed by atoms with van der Waals surface area (Å²) in [6.07, 6.45) is -4.49. The normalized spacial score (nSPS) is 11.6. The summed E-state index contributed by atoms with van der Waals surface area (Å²) in [5.41, 5.74) is 0.0283. The molecule has 0 unspecified atom stereocenters. The van der Waals surface area contributed by atoms with E-state index in [1.165, 1.54) is 12.1 Å². The van der Waals surface area contributed by atoms with E-state index >= 15 is 0 Å². The van der Waals surface area contributed by atoms with Crippen LogP contribution in [0.1, 0.15) is 11.1 Å². The van der Waals surface area contributed by atoms with Gasteiger partial charge in [-0.15, -0.1) is 0 Å². The lowest BCUT2D eigenvalue weighted by Gasteiger charge is -2.09. The van der Waals surface area contributed by atoms with E-state index in [1.807, 2.05) is 0 Å². The number of rotatable bonds is 1. The third-order valence-corrected chi connectivity index (χ3v) is 2.87. The molecule has 0 aliphatic carbocycles. The standard InChI is InChI=1S/C13H9F4NS/c1-7-2-3-8(4-10(7)14)11-5-9(13(15,16)17)6-12(19)18-11/h2-6H,1H3,(H,18,19). The third-order valence-electron chi connectivity index (χ3n) is 2.65. The first-order chi connectivity index (χ1) is 8.77. The number of hydrogen-bond acceptors (Lipinski definition) is 1. The van der Waals surface area contributed by atoms with E-state index in [9.17, 15) is 17.6 Å². The smallest absolute Gasteiger partial charge is 0.346 e. The summed E-state index contributed by atoms with van der Waals surface area (Å²) in [6, 6.07) is 5.97. The molecule has 2 aromatic rings. The predicted octanol–water partition coefficient (Wildman–Crippen LogP) is 4.88. The van der Waals surface area contributed by atoms with E-state index < -0.39 is 17.6 Å². The van der Waals surface area contributed by atoms with Gasteiger partial charge in [0.1, 0.15) is 10.5 Å². The minimum atomic E-state index is -4.49. The molecule has 1 heterocycles. The highest BCUT2D eigenvalue weighted by Gasteiger charge is 2.31. The molecule has 0 saturated heterocycles. The highest BCUT2D eigenvalue weighted by molar-refractivity contribution is 7.71. The number of halogens is 4. The van der Waals surface area contributed by atoms with Crippen molar-refractivity contribution in [3.05, 3.63) is 51.9 Å². The first kappa shape index (κ1) is 13.7. The van der Waals surface area contributed by atoms with Crippen molar-refractivity contribution < 1.29 is 17.6 Å². The first-order valence-electron chi connectivity index (χ1n) is 5.35. The Morgan fingerprint density at radius 2 is 1.79 bits per heavy atom. The summed E-state index contributed by atoms with van der Waals surface area (Å²) >= 11 is 4.77. The Labute approximate surface area is 111 Å². The van der Waals surface area contributed by atoms with Gasteiger partial charge in [0, 0.05) is 11.3 Å². The largest absolute Gasteiger partial charge is 0.416 e. The maximum Gasteiger partial charge on any atom is 0.416 e. The highest BCUT2D eigenvalue weighted by Crippen LogP contribution is 2.31. The molecule has 100 valence electrons. The van der Waals surface area contributed by atoms with E-state index in [-0.39, 0.29) is 10.3 Å². The Morgan fingerprint density at radius 1 is 1.11 bits per heavy atom. The van der Waals surface area contributed by atoms with E-state index in [4.69, 9.17) is 12.2 Å². The van der Waals surface area contributed by atoms with Crippen molar-refractivity contribution in [3.8, 4) is 11.3 Å². The number of H-pyrrole nitrogens is 1. The van der Waals surface area contributed by atoms with E-state index in [0.29, 0.717) is 11.1 Å². The SMILES string of the molecule is Cc1ccc(-c2cc(C(F)(F)F)cc(=S)[nH]2)cc1F. The zero-order chi connectivity index (χ0) is 14.2. The lowest BCUT2D eigenvalue weighted by Crippen LogP contribution is -2.05. The van der Waals surface area contributed by atoms with Crippen molar-refractivity contribution in [3.63, 3.8) is 0 Å². The average Bonchev–Trinajstić information content (AvgIpc) is 2.31. The quantitative estimate of drug-likeness (QED) is 0.584. The molecule has 0 amide bonds. The van der Waals surface area contributed by atoms with Crippen LogP contribution in [0.2, 0.25) is 0 Å². The molecule has 0 spiro atoms. The highest BCUT2D eigenvalue weighted by atomic mass is 32.1. The lowest BCUT2D eigenvalue weighted by atomic mass is 10.1. The Morgan fingerprint density at radius 3 is 2.37 bits per heavy atom. The van der Waals surface area contributed by atoms with Crippen LogP contribution in [0.3, 0.4) is 0 Å². The molecule has 1 aromatic heterocycles. The van der Waals surface area contributed by atoms with Gasteiger partial charge >= 0.3 is 6.18 Å². The van der Waals surface area contributed by atoms with Crippen LogP contribution in [-0.2, 0) is 6.18 Å². The maximum atomic E-state index is 13.4. The molecule has 1 N–H and O–H groups in total. The first-order valence-corrected chi connectivity index (χ1v) is 5.76. The van der Waals surface area contributed by atoms with Crippen LogP contribution in [0.25, 0.3) is 11.3 Å². The van der Waals surface area contributed by atoms with Crippen molar-refractivity contribution in [2.45, 2.75) is 13.1 Å². The second-order valence-corrected chi connectivity index (χ2v) is 4.55. The van der Waals surface area contributed by atoms with Gasteiger partial charge in [0.05, 0.1) is 5.56 Å². The Balaban J connectivity index is 2.59. The van der Waals surface area contributed by atoms with Gasteiger partial charge in [0.25, 0.3) is 0 Å². The molecule has 2 rings (SSSR count). The monoisotopic (exact) mass is 287 g/mol. The van der Waals surface area contributed by atoms with Gasteiger partial charge in [-0.05, 0) is 30.7 Å². The van der Waals surface area contributed by atoms with E-state index in [2.05, 4.69) is 4.98 Å². The number of aromatic nitrogens is 1. The summed E-state index contributed by atoms with van der Waals surface area (Å²) < 4.78 is 51.4. The fourth-order valence-electron chi connectivity index (χ4n) is 1.62. The predicted molar refractivity (Wildman–Crippen MR) is 66.8 cm³/mol. The summed E-state index contributed by atoms with van der Waals surface area (Å²) in [5.74, 6) is -0.478. The van der Waals surface area contributed by atoms with Gasteiger partial charge < -0.3 is 4.98 Å². The summed E-state index contributed by atoms with van der Waals surface area (Å²) in [6.45, 7) is 1.58. The van der Waals surface area contributed by atoms with Gasteiger partial charge in [0.15, 0.2) is 0 Å². The minimum absolute atomic E-state index is 0.0502. The van der Waals surface area contributed by atoms with Gasteiger partial charge in [0.2, 0.25) is 0 Å². The Bertz CT molecular complexity index is 673. The summed E-state index contributed by atoms with van der Waals surface area (Å²) in [5, 5.41) is 0. The van der Waals surface area contributed by atoms with Crippen LogP contribution in [0.5, 0.6) is 0 Å². The molecular formula is C13H9F4NS. The number of benzene rings is 1. The van der Waals surface area contributed by atoms with Crippen molar-refractivity contribution >= 4 is 12.2 Å². The van der Waals surface area contributed by atoms with Crippen LogP contribution in [-0.4, -0.2) is 4.98 Å². The maximum absolute atomic E-state index is 13.4. The molecule has 0 bridgehead atoms. The van der Waals surface area contributed by atoms with E-state index in [1.54, 1.807) is 13.0 Å². The molecule has 6 heteroatoms. The molecule has 0 radical (unpaired) electrons.